The molecule has 1 saturated carbocycles. The molecular weight excluding hydrogens is 788 g/mol. The molecular formula is C45H61F5N4O4S. The second kappa shape index (κ2) is 21.5. The zero-order valence-corrected chi connectivity index (χ0v) is 36.8. The highest BCUT2D eigenvalue weighted by molar-refractivity contribution is 8.06. The zero-order valence-electron chi connectivity index (χ0n) is 36.0. The lowest BCUT2D eigenvalue weighted by atomic mass is 9.81. The van der Waals surface area contributed by atoms with Crippen molar-refractivity contribution in [1.29, 1.82) is 5.41 Å². The van der Waals surface area contributed by atoms with Gasteiger partial charge in [0.05, 0.1) is 16.8 Å². The molecule has 2 aromatic carbocycles. The quantitative estimate of drug-likeness (QED) is 0.0585. The molecule has 0 radical (unpaired) electrons. The van der Waals surface area contributed by atoms with Crippen molar-refractivity contribution in [3.63, 3.8) is 0 Å². The molecule has 2 aromatic heterocycles. The highest BCUT2D eigenvalue weighted by Crippen LogP contribution is 2.46. The number of hydrogen-bond donors (Lipinski definition) is 1. The summed E-state index contributed by atoms with van der Waals surface area (Å²) in [7, 11) is -2.20. The third-order valence-electron chi connectivity index (χ3n) is 10.6. The molecule has 326 valence electrons. The van der Waals surface area contributed by atoms with Crippen LogP contribution in [0.5, 0.6) is 0 Å². The monoisotopic (exact) mass is 848 g/mol. The molecule has 8 nitrogen and oxygen atoms in total. The highest BCUT2D eigenvalue weighted by Gasteiger charge is 2.46. The predicted octanol–water partition coefficient (Wildman–Crippen LogP) is 11.3. The van der Waals surface area contributed by atoms with Gasteiger partial charge >= 0.3 is 0 Å². The molecule has 0 spiro atoms. The van der Waals surface area contributed by atoms with Crippen molar-refractivity contribution >= 4 is 25.9 Å². The van der Waals surface area contributed by atoms with E-state index in [2.05, 4.69) is 11.9 Å². The van der Waals surface area contributed by atoms with Crippen LogP contribution in [0.15, 0.2) is 41.2 Å². The summed E-state index contributed by atoms with van der Waals surface area (Å²) in [5.74, 6) is -5.04. The van der Waals surface area contributed by atoms with Crippen LogP contribution in [-0.2, 0) is 33.1 Å². The van der Waals surface area contributed by atoms with E-state index in [-0.39, 0.29) is 40.2 Å². The van der Waals surface area contributed by atoms with Crippen molar-refractivity contribution in [3.05, 3.63) is 97.7 Å². The van der Waals surface area contributed by atoms with Crippen LogP contribution in [0, 0.1) is 30.9 Å². The molecule has 1 fully saturated rings. The Morgan fingerprint density at radius 1 is 0.915 bits per heavy atom. The number of rotatable bonds is 14. The Labute approximate surface area is 346 Å². The van der Waals surface area contributed by atoms with Gasteiger partial charge in [-0.2, -0.15) is 0 Å². The van der Waals surface area contributed by atoms with Crippen LogP contribution < -0.4 is 5.56 Å². The fourth-order valence-corrected chi connectivity index (χ4v) is 8.19. The number of alkyl halides is 3. The van der Waals surface area contributed by atoms with Crippen LogP contribution >= 0.6 is 0 Å². The summed E-state index contributed by atoms with van der Waals surface area (Å²) in [6.07, 6.45) is 5.36. The van der Waals surface area contributed by atoms with Crippen LogP contribution in [0.4, 0.5) is 22.0 Å². The average Bonchev–Trinajstić information content (AvgIpc) is 3.17. The fraction of sp³-hybridized carbons (Fsp3) is 0.556. The van der Waals surface area contributed by atoms with Crippen molar-refractivity contribution in [3.8, 4) is 5.69 Å². The topological polar surface area (TPSA) is 115 Å². The maximum absolute atomic E-state index is 16.2. The minimum atomic E-state index is -3.96. The second-order valence-corrected chi connectivity index (χ2v) is 17.1. The molecule has 0 amide bonds. The lowest BCUT2D eigenvalue weighted by molar-refractivity contribution is -0.0784. The number of aromatic nitrogens is 3. The van der Waals surface area contributed by atoms with Crippen LogP contribution in [-0.4, -0.2) is 53.9 Å². The van der Waals surface area contributed by atoms with Crippen molar-refractivity contribution in [2.45, 2.75) is 143 Å². The van der Waals surface area contributed by atoms with Gasteiger partial charge < -0.3 is 4.74 Å². The van der Waals surface area contributed by atoms with Gasteiger partial charge in [0, 0.05) is 50.4 Å². The summed E-state index contributed by atoms with van der Waals surface area (Å²) >= 11 is 0. The van der Waals surface area contributed by atoms with E-state index in [1.165, 1.54) is 48.4 Å². The summed E-state index contributed by atoms with van der Waals surface area (Å²) < 4.78 is 104. The average molecular weight is 849 g/mol. The van der Waals surface area contributed by atoms with Gasteiger partial charge in [-0.1, -0.05) is 66.4 Å². The maximum Gasteiger partial charge on any atom is 0.267 e. The van der Waals surface area contributed by atoms with Gasteiger partial charge in [-0.3, -0.25) is 14.8 Å². The highest BCUT2D eigenvalue weighted by atomic mass is 32.2. The van der Waals surface area contributed by atoms with E-state index in [0.29, 0.717) is 41.5 Å². The third kappa shape index (κ3) is 12.3. The van der Waals surface area contributed by atoms with Gasteiger partial charge in [-0.05, 0) is 98.9 Å². The Hall–Kier alpha value is -4.04. The first-order valence-electron chi connectivity index (χ1n) is 20.7. The molecule has 0 aliphatic heterocycles. The Bertz CT molecular complexity index is 2210. The van der Waals surface area contributed by atoms with E-state index in [4.69, 9.17) is 15.1 Å². The molecule has 5 rings (SSSR count). The minimum Gasteiger partial charge on any atom is -0.385 e. The summed E-state index contributed by atoms with van der Waals surface area (Å²) in [4.78, 5) is 24.0. The van der Waals surface area contributed by atoms with Gasteiger partial charge in [0.15, 0.2) is 26.2 Å². The van der Waals surface area contributed by atoms with Gasteiger partial charge in [-0.25, -0.2) is 40.3 Å². The first kappa shape index (κ1) is 49.3. The van der Waals surface area contributed by atoms with Crippen LogP contribution in [0.25, 0.3) is 16.7 Å². The number of sulfone groups is 1. The molecule has 1 atom stereocenters. The largest absolute Gasteiger partial charge is 0.385 e. The Kier molecular flexibility index (Phi) is 17.9. The number of halogens is 5. The number of methoxy groups -OCH3 is 1. The molecule has 14 heteroatoms. The number of unbranched alkanes of at least 4 members (excludes halogenated alkanes) is 3. The lowest BCUT2D eigenvalue weighted by Gasteiger charge is -2.33. The van der Waals surface area contributed by atoms with E-state index in [1.807, 2.05) is 27.7 Å². The van der Waals surface area contributed by atoms with Crippen LogP contribution in [0.1, 0.15) is 144 Å². The van der Waals surface area contributed by atoms with Crippen molar-refractivity contribution in [2.75, 3.05) is 20.0 Å². The SMILES string of the molecule is CC.CCCC(Cc1cc(F)cc(F)c1)c1nc2nc(C3(F)CCC(F)(F)CC3)cc(C)c2c(=O)n1-c1ccc(CC)c(C(=N)S(C)(=O)=O)c1C.CCCCCCOC. The molecule has 1 aliphatic rings. The summed E-state index contributed by atoms with van der Waals surface area (Å²) in [6.45, 7) is 14.0. The minimum absolute atomic E-state index is 0.0444. The van der Waals surface area contributed by atoms with E-state index in [9.17, 15) is 30.8 Å². The standard InChI is InChI=1S/C36H39F5N4O3S.C7H16O.C2H6/c1-6-8-24(16-22-17-25(37)19-26(38)18-22)33-44-32-29(20(3)15-28(43-32)35(39)11-13-36(40,41)14-12-35)34(46)45(33)27-10-9-23(7-2)30(21(27)4)31(42)49(5,47)48;1-3-4-5-6-7-8-2;1-2/h9-10,15,17-19,24,42H,6-8,11-14,16H2,1-5H3;3-7H2,1-2H3;1-2H3. The van der Waals surface area contributed by atoms with Crippen molar-refractivity contribution < 1.29 is 35.1 Å². The van der Waals surface area contributed by atoms with E-state index >= 15 is 4.39 Å². The number of benzene rings is 2. The fourth-order valence-electron chi connectivity index (χ4n) is 7.53. The van der Waals surface area contributed by atoms with Gasteiger partial charge in [0.1, 0.15) is 17.5 Å². The molecule has 1 aliphatic carbocycles. The first-order chi connectivity index (χ1) is 27.8. The summed E-state index contributed by atoms with van der Waals surface area (Å²) in [5.41, 5.74) is -1.03. The van der Waals surface area contributed by atoms with Crippen molar-refractivity contribution in [1.82, 2.24) is 14.5 Å². The number of ether oxygens (including phenoxy) is 1. The Balaban J connectivity index is 0.000000832. The maximum atomic E-state index is 16.2. The third-order valence-corrected chi connectivity index (χ3v) is 11.6. The number of nitrogens with zero attached hydrogens (tertiary/aromatic N) is 3. The lowest BCUT2D eigenvalue weighted by Crippen LogP contribution is -2.34. The normalized spacial score (nSPS) is 15.2. The number of pyridine rings is 1. The predicted molar refractivity (Wildman–Crippen MR) is 227 cm³/mol. The summed E-state index contributed by atoms with van der Waals surface area (Å²) in [5, 5.41) is 7.98. The number of fused-ring (bicyclic) bond motifs is 1. The van der Waals surface area contributed by atoms with E-state index < -0.39 is 75.3 Å². The number of aryl methyl sites for hydroxylation is 2. The van der Waals surface area contributed by atoms with Gasteiger partial charge in [-0.15, -0.1) is 0 Å². The molecule has 2 heterocycles. The molecule has 59 heavy (non-hydrogen) atoms. The molecule has 4 aromatic rings. The smallest absolute Gasteiger partial charge is 0.267 e. The molecule has 0 saturated heterocycles. The van der Waals surface area contributed by atoms with Gasteiger partial charge in [0.2, 0.25) is 5.92 Å². The van der Waals surface area contributed by atoms with E-state index in [1.54, 1.807) is 33.1 Å². The van der Waals surface area contributed by atoms with Crippen molar-refractivity contribution in [2.24, 2.45) is 0 Å². The second-order valence-electron chi connectivity index (χ2n) is 15.2. The van der Waals surface area contributed by atoms with Crippen LogP contribution in [0.3, 0.4) is 0 Å². The summed E-state index contributed by atoms with van der Waals surface area (Å²) in [6, 6.07) is 7.81. The number of hydrogen-bond acceptors (Lipinski definition) is 7. The van der Waals surface area contributed by atoms with Gasteiger partial charge in [0.25, 0.3) is 5.56 Å². The first-order valence-corrected chi connectivity index (χ1v) is 22.6. The number of nitrogens with one attached hydrogen (secondary N) is 1. The molecule has 1 N–H and O–H groups in total. The molecule has 1 unspecified atom stereocenters. The van der Waals surface area contributed by atoms with E-state index in [0.717, 1.165) is 18.9 Å². The Morgan fingerprint density at radius 3 is 2.08 bits per heavy atom. The zero-order chi connectivity index (χ0) is 44.3. The Morgan fingerprint density at radius 2 is 1.54 bits per heavy atom. The van der Waals surface area contributed by atoms with Crippen LogP contribution in [0.2, 0.25) is 0 Å². The molecule has 0 bridgehead atoms.